The first-order valence-electron chi connectivity index (χ1n) is 6.02. The van der Waals surface area contributed by atoms with Crippen LogP contribution in [0.5, 0.6) is 0 Å². The third kappa shape index (κ3) is 2.88. The van der Waals surface area contributed by atoms with Crippen molar-refractivity contribution in [3.05, 3.63) is 64.7 Å². The highest BCUT2D eigenvalue weighted by atomic mass is 14.9. The monoisotopic (exact) mass is 225 g/mol. The number of benzene rings is 2. The predicted molar refractivity (Wildman–Crippen MR) is 74.4 cm³/mol. The number of hydrogen-bond acceptors (Lipinski definition) is 1. The molecule has 0 saturated heterocycles. The van der Waals surface area contributed by atoms with Gasteiger partial charge in [0.25, 0.3) is 0 Å². The van der Waals surface area contributed by atoms with E-state index < -0.39 is 0 Å². The van der Waals surface area contributed by atoms with Gasteiger partial charge in [-0.1, -0.05) is 35.9 Å². The third-order valence-corrected chi connectivity index (χ3v) is 3.25. The topological polar surface area (TPSA) is 12.0 Å². The molecule has 0 saturated carbocycles. The smallest absolute Gasteiger partial charge is 0.0403 e. The highest BCUT2D eigenvalue weighted by Crippen LogP contribution is 2.15. The van der Waals surface area contributed by atoms with Crippen LogP contribution in [0.2, 0.25) is 0 Å². The molecule has 17 heavy (non-hydrogen) atoms. The molecule has 1 nitrogen and oxygen atoms in total. The lowest BCUT2D eigenvalue weighted by Crippen LogP contribution is -2.02. The van der Waals surface area contributed by atoms with E-state index >= 15 is 0 Å². The summed E-state index contributed by atoms with van der Waals surface area (Å²) >= 11 is 0. The molecule has 0 radical (unpaired) electrons. The highest BCUT2D eigenvalue weighted by Gasteiger charge is 2.00. The molecule has 0 fully saturated rings. The van der Waals surface area contributed by atoms with Crippen molar-refractivity contribution in [2.75, 3.05) is 5.32 Å². The molecule has 1 heteroatoms. The molecule has 1 N–H and O–H groups in total. The molecule has 0 aliphatic rings. The zero-order valence-corrected chi connectivity index (χ0v) is 10.7. The maximum Gasteiger partial charge on any atom is 0.0403 e. The largest absolute Gasteiger partial charge is 0.381 e. The van der Waals surface area contributed by atoms with E-state index in [4.69, 9.17) is 0 Å². The van der Waals surface area contributed by atoms with Crippen LogP contribution in [0.4, 0.5) is 5.69 Å². The van der Waals surface area contributed by atoms with Gasteiger partial charge in [-0.25, -0.2) is 0 Å². The number of rotatable bonds is 3. The summed E-state index contributed by atoms with van der Waals surface area (Å²) in [6, 6.07) is 15.0. The SMILES string of the molecule is Cc1ccc(NCc2cccc(C)c2C)cc1. The summed E-state index contributed by atoms with van der Waals surface area (Å²) in [7, 11) is 0. The van der Waals surface area contributed by atoms with E-state index in [1.165, 1.54) is 27.9 Å². The van der Waals surface area contributed by atoms with E-state index in [2.05, 4.69) is 68.6 Å². The molecule has 2 aromatic rings. The molecule has 0 atom stereocenters. The summed E-state index contributed by atoms with van der Waals surface area (Å²) in [4.78, 5) is 0. The fourth-order valence-electron chi connectivity index (χ4n) is 1.87. The van der Waals surface area contributed by atoms with Crippen LogP contribution >= 0.6 is 0 Å². The number of nitrogens with one attached hydrogen (secondary N) is 1. The molecule has 0 unspecified atom stereocenters. The Morgan fingerprint density at radius 1 is 0.882 bits per heavy atom. The Balaban J connectivity index is 2.07. The van der Waals surface area contributed by atoms with E-state index in [1.54, 1.807) is 0 Å². The van der Waals surface area contributed by atoms with Crippen molar-refractivity contribution in [1.82, 2.24) is 0 Å². The second-order valence-corrected chi connectivity index (χ2v) is 4.58. The lowest BCUT2D eigenvalue weighted by molar-refractivity contribution is 1.10. The minimum atomic E-state index is 0.885. The molecular formula is C16H19N. The van der Waals surface area contributed by atoms with Crippen molar-refractivity contribution < 1.29 is 0 Å². The average Bonchev–Trinajstić information content (AvgIpc) is 2.33. The summed E-state index contributed by atoms with van der Waals surface area (Å²) in [5.74, 6) is 0. The van der Waals surface area contributed by atoms with Crippen molar-refractivity contribution in [3.63, 3.8) is 0 Å². The first kappa shape index (κ1) is 11.7. The Bertz CT molecular complexity index is 497. The molecule has 0 spiro atoms. The van der Waals surface area contributed by atoms with Gasteiger partial charge in [0.05, 0.1) is 0 Å². The molecule has 0 heterocycles. The summed E-state index contributed by atoms with van der Waals surface area (Å²) in [6.45, 7) is 7.33. The quantitative estimate of drug-likeness (QED) is 0.824. The third-order valence-electron chi connectivity index (χ3n) is 3.25. The van der Waals surface area contributed by atoms with Crippen LogP contribution in [0.25, 0.3) is 0 Å². The molecule has 0 amide bonds. The van der Waals surface area contributed by atoms with Gasteiger partial charge in [-0.2, -0.15) is 0 Å². The maximum atomic E-state index is 3.46. The summed E-state index contributed by atoms with van der Waals surface area (Å²) < 4.78 is 0. The van der Waals surface area contributed by atoms with Crippen LogP contribution in [-0.4, -0.2) is 0 Å². The van der Waals surface area contributed by atoms with E-state index in [1.807, 2.05) is 0 Å². The number of aryl methyl sites for hydroxylation is 2. The van der Waals surface area contributed by atoms with E-state index in [0.717, 1.165) is 6.54 Å². The van der Waals surface area contributed by atoms with Crippen LogP contribution < -0.4 is 5.32 Å². The standard InChI is InChI=1S/C16H19N/c1-12-7-9-16(10-8-12)17-11-15-6-4-5-13(2)14(15)3/h4-10,17H,11H2,1-3H3. The number of anilines is 1. The molecule has 0 bridgehead atoms. The van der Waals surface area contributed by atoms with E-state index in [0.29, 0.717) is 0 Å². The summed E-state index contributed by atoms with van der Waals surface area (Å²) in [6.07, 6.45) is 0. The van der Waals surface area contributed by atoms with Gasteiger partial charge < -0.3 is 5.32 Å². The molecule has 0 aromatic heterocycles. The Hall–Kier alpha value is -1.76. The molecule has 0 aliphatic heterocycles. The van der Waals surface area contributed by atoms with E-state index in [-0.39, 0.29) is 0 Å². The predicted octanol–water partition coefficient (Wildman–Crippen LogP) is 4.22. The fourth-order valence-corrected chi connectivity index (χ4v) is 1.87. The van der Waals surface area contributed by atoms with Crippen molar-refractivity contribution in [3.8, 4) is 0 Å². The maximum absolute atomic E-state index is 3.46. The van der Waals surface area contributed by atoms with Crippen molar-refractivity contribution in [2.24, 2.45) is 0 Å². The summed E-state index contributed by atoms with van der Waals surface area (Å²) in [5, 5.41) is 3.46. The second kappa shape index (κ2) is 5.05. The lowest BCUT2D eigenvalue weighted by Gasteiger charge is -2.11. The first-order chi connectivity index (χ1) is 8.16. The van der Waals surface area contributed by atoms with Crippen molar-refractivity contribution >= 4 is 5.69 Å². The fraction of sp³-hybridized carbons (Fsp3) is 0.250. The average molecular weight is 225 g/mol. The van der Waals surface area contributed by atoms with Crippen LogP contribution in [0, 0.1) is 20.8 Å². The van der Waals surface area contributed by atoms with Gasteiger partial charge >= 0.3 is 0 Å². The number of hydrogen-bond donors (Lipinski definition) is 1. The Labute approximate surface area is 103 Å². The lowest BCUT2D eigenvalue weighted by atomic mass is 10.0. The van der Waals surface area contributed by atoms with Crippen LogP contribution in [-0.2, 0) is 6.54 Å². The Morgan fingerprint density at radius 2 is 1.59 bits per heavy atom. The molecule has 88 valence electrons. The highest BCUT2D eigenvalue weighted by molar-refractivity contribution is 5.46. The van der Waals surface area contributed by atoms with Gasteiger partial charge in [0.1, 0.15) is 0 Å². The Morgan fingerprint density at radius 3 is 2.29 bits per heavy atom. The summed E-state index contributed by atoms with van der Waals surface area (Å²) in [5.41, 5.74) is 6.57. The van der Waals surface area contributed by atoms with Crippen molar-refractivity contribution in [1.29, 1.82) is 0 Å². The van der Waals surface area contributed by atoms with Gasteiger partial charge in [-0.15, -0.1) is 0 Å². The van der Waals surface area contributed by atoms with Gasteiger partial charge in [0.15, 0.2) is 0 Å². The van der Waals surface area contributed by atoms with Crippen LogP contribution in [0.3, 0.4) is 0 Å². The van der Waals surface area contributed by atoms with Gasteiger partial charge in [-0.3, -0.25) is 0 Å². The van der Waals surface area contributed by atoms with Crippen LogP contribution in [0.1, 0.15) is 22.3 Å². The van der Waals surface area contributed by atoms with Crippen LogP contribution in [0.15, 0.2) is 42.5 Å². The van der Waals surface area contributed by atoms with Gasteiger partial charge in [-0.05, 0) is 49.6 Å². The molecule has 2 rings (SSSR count). The van der Waals surface area contributed by atoms with Gasteiger partial charge in [0, 0.05) is 12.2 Å². The minimum Gasteiger partial charge on any atom is -0.381 e. The minimum absolute atomic E-state index is 0.885. The van der Waals surface area contributed by atoms with Gasteiger partial charge in [0.2, 0.25) is 0 Å². The zero-order valence-electron chi connectivity index (χ0n) is 10.7. The molecule has 0 aliphatic carbocycles. The normalized spacial score (nSPS) is 10.3. The second-order valence-electron chi connectivity index (χ2n) is 4.58. The van der Waals surface area contributed by atoms with E-state index in [9.17, 15) is 0 Å². The molecule has 2 aromatic carbocycles. The first-order valence-corrected chi connectivity index (χ1v) is 6.02. The zero-order chi connectivity index (χ0) is 12.3. The Kier molecular flexibility index (Phi) is 3.48. The van der Waals surface area contributed by atoms with Crippen molar-refractivity contribution in [2.45, 2.75) is 27.3 Å². The molecular weight excluding hydrogens is 206 g/mol.